The molecule has 0 atom stereocenters. The third-order valence-corrected chi connectivity index (χ3v) is 0.349. The van der Waals surface area contributed by atoms with Crippen molar-refractivity contribution in [2.24, 2.45) is 0 Å². The molecule has 0 heterocycles. The normalized spacial score (nSPS) is 5.33. The molecular weight excluding hydrogens is 191 g/mol. The van der Waals surface area contributed by atoms with Gasteiger partial charge in [-0.25, -0.2) is 9.59 Å². The third kappa shape index (κ3) is 72.4. The minimum atomic E-state index is -0.981. The quantitative estimate of drug-likeness (QED) is 0.655. The van der Waals surface area contributed by atoms with Crippen molar-refractivity contribution >= 4 is 24.3 Å². The van der Waals surface area contributed by atoms with E-state index in [0.29, 0.717) is 0 Å². The van der Waals surface area contributed by atoms with Crippen LogP contribution in [-0.4, -0.2) is 22.2 Å². The number of carbonyl (C=O) groups is 2. The molecule has 0 amide bonds. The summed E-state index contributed by atoms with van der Waals surface area (Å²) < 4.78 is 0. The molecule has 0 spiro atoms. The van der Waals surface area contributed by atoms with E-state index in [1.165, 1.54) is 0 Å². The summed E-state index contributed by atoms with van der Waals surface area (Å²) >= 11 is 0. The molecule has 0 aromatic carbocycles. The number of carboxylic acid groups (broad SMARTS) is 2. The number of carboxylic acids is 2. The lowest BCUT2D eigenvalue weighted by Gasteiger charge is -1.64. The van der Waals surface area contributed by atoms with E-state index < -0.39 is 11.9 Å². The highest BCUT2D eigenvalue weighted by molar-refractivity contribution is 5.85. The van der Waals surface area contributed by atoms with E-state index in [9.17, 15) is 9.59 Å². The number of hydrogen-bond acceptors (Lipinski definition) is 2. The molecule has 0 aliphatic rings. The molecule has 0 aliphatic carbocycles. The summed E-state index contributed by atoms with van der Waals surface area (Å²) in [5, 5.41) is 15.2. The standard InChI is InChI=1S/2C3H4O2.ClH.FH/c2*1-2-3(4)5;;/h2*2H,1H2,(H,4,5);2*1H. The Morgan fingerprint density at radius 2 is 1.08 bits per heavy atom. The molecule has 0 fully saturated rings. The van der Waals surface area contributed by atoms with Gasteiger partial charge >= 0.3 is 11.9 Å². The topological polar surface area (TPSA) is 74.6 Å². The minimum absolute atomic E-state index is 0. The van der Waals surface area contributed by atoms with Crippen LogP contribution >= 0.6 is 12.4 Å². The molecule has 0 unspecified atom stereocenters. The van der Waals surface area contributed by atoms with Gasteiger partial charge in [0.25, 0.3) is 0 Å². The van der Waals surface area contributed by atoms with E-state index in [-0.39, 0.29) is 17.1 Å². The van der Waals surface area contributed by atoms with Crippen LogP contribution in [-0.2, 0) is 9.59 Å². The van der Waals surface area contributed by atoms with Crippen LogP contribution in [0.2, 0.25) is 0 Å². The average Bonchev–Trinajstić information content (AvgIpc) is 1.89. The van der Waals surface area contributed by atoms with Crippen LogP contribution in [0, 0.1) is 0 Å². The zero-order valence-electron chi connectivity index (χ0n) is 6.10. The van der Waals surface area contributed by atoms with Gasteiger partial charge in [0.2, 0.25) is 0 Å². The van der Waals surface area contributed by atoms with Gasteiger partial charge in [0.1, 0.15) is 0 Å². The first kappa shape index (κ1) is 22.4. The molecule has 0 radical (unpaired) electrons. The predicted octanol–water partition coefficient (Wildman–Crippen LogP) is 1.09. The zero-order valence-corrected chi connectivity index (χ0v) is 6.91. The van der Waals surface area contributed by atoms with Crippen molar-refractivity contribution in [3.8, 4) is 0 Å². The first-order valence-electron chi connectivity index (χ1n) is 2.25. The Bertz CT molecular complexity index is 140. The Balaban J connectivity index is -0.0000000457. The van der Waals surface area contributed by atoms with Crippen molar-refractivity contribution in [2.75, 3.05) is 0 Å². The summed E-state index contributed by atoms with van der Waals surface area (Å²) in [5.74, 6) is -1.96. The van der Waals surface area contributed by atoms with Gasteiger partial charge in [0, 0.05) is 12.2 Å². The second-order valence-corrected chi connectivity index (χ2v) is 1.08. The average molecular weight is 201 g/mol. The zero-order chi connectivity index (χ0) is 8.57. The molecule has 2 N–H and O–H groups in total. The maximum atomic E-state index is 9.25. The SMILES string of the molecule is C=CC(=O)O.C=CC(=O)O.Cl.F. The number of aliphatic carboxylic acids is 2. The maximum Gasteiger partial charge on any atom is 0.327 e. The van der Waals surface area contributed by atoms with Crippen molar-refractivity contribution in [1.29, 1.82) is 0 Å². The van der Waals surface area contributed by atoms with Crippen LogP contribution in [0.15, 0.2) is 25.3 Å². The van der Waals surface area contributed by atoms with Gasteiger partial charge in [-0.15, -0.1) is 12.4 Å². The molecule has 4 nitrogen and oxygen atoms in total. The lowest BCUT2D eigenvalue weighted by molar-refractivity contribution is -0.132. The van der Waals surface area contributed by atoms with E-state index in [0.717, 1.165) is 12.2 Å². The van der Waals surface area contributed by atoms with Gasteiger partial charge in [-0.1, -0.05) is 13.2 Å². The highest BCUT2D eigenvalue weighted by atomic mass is 35.5. The van der Waals surface area contributed by atoms with E-state index in [1.54, 1.807) is 0 Å². The van der Waals surface area contributed by atoms with Gasteiger partial charge in [0.15, 0.2) is 0 Å². The maximum absolute atomic E-state index is 9.25. The van der Waals surface area contributed by atoms with E-state index in [2.05, 4.69) is 13.2 Å². The molecule has 0 aromatic heterocycles. The van der Waals surface area contributed by atoms with E-state index in [1.807, 2.05) is 0 Å². The van der Waals surface area contributed by atoms with Crippen molar-refractivity contribution in [2.45, 2.75) is 0 Å². The molecule has 0 rings (SSSR count). The Morgan fingerprint density at radius 1 is 1.00 bits per heavy atom. The first-order chi connectivity index (χ1) is 4.54. The molecule has 6 heteroatoms. The second kappa shape index (κ2) is 16.3. The Labute approximate surface area is 75.0 Å². The lowest BCUT2D eigenvalue weighted by atomic mass is 10.7. The Morgan fingerprint density at radius 3 is 1.08 bits per heavy atom. The van der Waals surface area contributed by atoms with Gasteiger partial charge in [-0.05, 0) is 0 Å². The Kier molecular flexibility index (Phi) is 30.5. The smallest absolute Gasteiger partial charge is 0.327 e. The van der Waals surface area contributed by atoms with Crippen LogP contribution in [0.25, 0.3) is 0 Å². The van der Waals surface area contributed by atoms with Crippen LogP contribution < -0.4 is 0 Å². The molecule has 12 heavy (non-hydrogen) atoms. The molecular formula is C6H10ClFO4. The number of hydrogen-bond donors (Lipinski definition) is 2. The van der Waals surface area contributed by atoms with Crippen molar-refractivity contribution < 1.29 is 24.5 Å². The molecule has 0 bridgehead atoms. The summed E-state index contributed by atoms with van der Waals surface area (Å²) in [5.41, 5.74) is 0. The monoisotopic (exact) mass is 200 g/mol. The van der Waals surface area contributed by atoms with E-state index in [4.69, 9.17) is 10.2 Å². The van der Waals surface area contributed by atoms with Crippen LogP contribution in [0.1, 0.15) is 0 Å². The van der Waals surface area contributed by atoms with Crippen molar-refractivity contribution in [1.82, 2.24) is 0 Å². The highest BCUT2D eigenvalue weighted by Gasteiger charge is 1.73. The van der Waals surface area contributed by atoms with Gasteiger partial charge < -0.3 is 10.2 Å². The molecule has 0 aromatic rings. The van der Waals surface area contributed by atoms with Gasteiger partial charge in [0.05, 0.1) is 0 Å². The first-order valence-corrected chi connectivity index (χ1v) is 2.25. The van der Waals surface area contributed by atoms with Crippen molar-refractivity contribution in [3.05, 3.63) is 25.3 Å². The molecule has 0 saturated carbocycles. The summed E-state index contributed by atoms with van der Waals surface area (Å²) in [6, 6.07) is 0. The summed E-state index contributed by atoms with van der Waals surface area (Å²) in [7, 11) is 0. The van der Waals surface area contributed by atoms with Crippen LogP contribution in [0.3, 0.4) is 0 Å². The number of halogens is 2. The molecule has 0 aliphatic heterocycles. The highest BCUT2D eigenvalue weighted by Crippen LogP contribution is 1.55. The van der Waals surface area contributed by atoms with Gasteiger partial charge in [-0.3, -0.25) is 4.70 Å². The predicted molar refractivity (Wildman–Crippen MR) is 45.4 cm³/mol. The summed E-state index contributed by atoms with van der Waals surface area (Å²) in [6.07, 6.45) is 1.67. The largest absolute Gasteiger partial charge is 0.478 e. The molecule has 0 saturated heterocycles. The second-order valence-electron chi connectivity index (χ2n) is 1.08. The van der Waals surface area contributed by atoms with Gasteiger partial charge in [-0.2, -0.15) is 0 Å². The molecule has 72 valence electrons. The van der Waals surface area contributed by atoms with E-state index >= 15 is 0 Å². The summed E-state index contributed by atoms with van der Waals surface area (Å²) in [4.78, 5) is 18.5. The van der Waals surface area contributed by atoms with Crippen molar-refractivity contribution in [3.63, 3.8) is 0 Å². The fourth-order valence-electron chi connectivity index (χ4n) is 0. The third-order valence-electron chi connectivity index (χ3n) is 0.349. The number of rotatable bonds is 2. The van der Waals surface area contributed by atoms with Crippen LogP contribution in [0.4, 0.5) is 4.70 Å². The summed E-state index contributed by atoms with van der Waals surface area (Å²) in [6.45, 7) is 5.92. The fraction of sp³-hybridized carbons (Fsp3) is 0. The lowest BCUT2D eigenvalue weighted by Crippen LogP contribution is -1.82. The Hall–Kier alpha value is -1.36. The fourth-order valence-corrected chi connectivity index (χ4v) is 0. The minimum Gasteiger partial charge on any atom is -0.478 e. The van der Waals surface area contributed by atoms with Crippen LogP contribution in [0.5, 0.6) is 0 Å².